The van der Waals surface area contributed by atoms with Crippen molar-refractivity contribution in [1.82, 2.24) is 9.97 Å². The van der Waals surface area contributed by atoms with E-state index in [1.807, 2.05) is 19.2 Å². The van der Waals surface area contributed by atoms with Crippen molar-refractivity contribution in [2.75, 3.05) is 6.26 Å². The van der Waals surface area contributed by atoms with Gasteiger partial charge in [-0.1, -0.05) is 37.2 Å². The minimum atomic E-state index is -0.398. The molecule has 23 heavy (non-hydrogen) atoms. The lowest BCUT2D eigenvalue weighted by atomic mass is 10.0. The molecule has 0 bridgehead atoms. The van der Waals surface area contributed by atoms with Gasteiger partial charge in [-0.05, 0) is 25.2 Å². The molecule has 1 N–H and O–H groups in total. The summed E-state index contributed by atoms with van der Waals surface area (Å²) in [4.78, 5) is 30.3. The van der Waals surface area contributed by atoms with Crippen LogP contribution < -0.4 is 5.56 Å². The monoisotopic (exact) mass is 333 g/mol. The number of nitro benzene ring substituents is 1. The average molecular weight is 333 g/mol. The zero-order chi connectivity index (χ0) is 17.0. The lowest BCUT2D eigenvalue weighted by molar-refractivity contribution is -0.385. The predicted molar refractivity (Wildman–Crippen MR) is 91.3 cm³/mol. The number of aryl methyl sites for hydroxylation is 2. The lowest BCUT2D eigenvalue weighted by Crippen LogP contribution is -2.19. The number of hydrogen-bond acceptors (Lipinski definition) is 5. The van der Waals surface area contributed by atoms with Crippen LogP contribution in [0.2, 0.25) is 0 Å². The van der Waals surface area contributed by atoms with Crippen LogP contribution in [-0.2, 0) is 12.8 Å². The summed E-state index contributed by atoms with van der Waals surface area (Å²) in [6.45, 7) is 3.73. The lowest BCUT2D eigenvalue weighted by Gasteiger charge is -2.09. The third-order valence-corrected chi connectivity index (χ3v) is 4.19. The first kappa shape index (κ1) is 17.2. The van der Waals surface area contributed by atoms with Crippen LogP contribution in [0.4, 0.5) is 5.69 Å². The Balaban J connectivity index is 2.45. The fraction of sp³-hybridized carbons (Fsp3) is 0.375. The fourth-order valence-electron chi connectivity index (χ4n) is 2.41. The summed E-state index contributed by atoms with van der Waals surface area (Å²) < 4.78 is 0. The Labute approximate surface area is 138 Å². The quantitative estimate of drug-likeness (QED) is 0.379. The van der Waals surface area contributed by atoms with Crippen molar-refractivity contribution in [3.63, 3.8) is 0 Å². The topological polar surface area (TPSA) is 88.9 Å². The maximum atomic E-state index is 12.3. The number of aromatic nitrogens is 2. The SMILES string of the molecule is CCCc1nc(SC)[nH]c(=O)c1Cc1ccc(C)c([N+](=O)[O-])c1. The number of nitrogens with one attached hydrogen (secondary N) is 1. The summed E-state index contributed by atoms with van der Waals surface area (Å²) in [6, 6.07) is 5.07. The largest absolute Gasteiger partial charge is 0.301 e. The molecule has 0 amide bonds. The third kappa shape index (κ3) is 3.98. The van der Waals surface area contributed by atoms with Crippen LogP contribution >= 0.6 is 11.8 Å². The number of thioether (sulfide) groups is 1. The molecule has 6 nitrogen and oxygen atoms in total. The zero-order valence-corrected chi connectivity index (χ0v) is 14.2. The highest BCUT2D eigenvalue weighted by Crippen LogP contribution is 2.21. The van der Waals surface area contributed by atoms with E-state index in [9.17, 15) is 14.9 Å². The molecule has 2 aromatic rings. The smallest absolute Gasteiger partial charge is 0.272 e. The van der Waals surface area contributed by atoms with Crippen LogP contribution in [-0.4, -0.2) is 21.1 Å². The molecule has 0 aliphatic carbocycles. The minimum absolute atomic E-state index is 0.0738. The molecule has 7 heteroatoms. The Morgan fingerprint density at radius 1 is 1.39 bits per heavy atom. The van der Waals surface area contributed by atoms with Crippen molar-refractivity contribution in [3.05, 3.63) is 61.1 Å². The highest BCUT2D eigenvalue weighted by Gasteiger charge is 2.15. The molecule has 122 valence electrons. The molecule has 0 fully saturated rings. The second kappa shape index (κ2) is 7.41. The van der Waals surface area contributed by atoms with Gasteiger partial charge in [0.25, 0.3) is 11.2 Å². The number of hydrogen-bond donors (Lipinski definition) is 1. The first-order valence-corrected chi connectivity index (χ1v) is 8.58. The van der Waals surface area contributed by atoms with Crippen molar-refractivity contribution in [2.24, 2.45) is 0 Å². The summed E-state index contributed by atoms with van der Waals surface area (Å²) in [6.07, 6.45) is 3.79. The molecule has 0 radical (unpaired) electrons. The van der Waals surface area contributed by atoms with Gasteiger partial charge in [0.2, 0.25) is 0 Å². The van der Waals surface area contributed by atoms with Gasteiger partial charge < -0.3 is 4.98 Å². The molecule has 2 rings (SSSR count). The summed E-state index contributed by atoms with van der Waals surface area (Å²) in [5.74, 6) is 0. The van der Waals surface area contributed by atoms with Crippen LogP contribution in [0, 0.1) is 17.0 Å². The molecule has 0 unspecified atom stereocenters. The normalized spacial score (nSPS) is 10.7. The van der Waals surface area contributed by atoms with E-state index in [1.54, 1.807) is 13.0 Å². The number of nitro groups is 1. The molecule has 0 spiro atoms. The van der Waals surface area contributed by atoms with Gasteiger partial charge >= 0.3 is 0 Å². The van der Waals surface area contributed by atoms with E-state index in [1.165, 1.54) is 17.8 Å². The van der Waals surface area contributed by atoms with Gasteiger partial charge in [0.15, 0.2) is 5.16 Å². The standard InChI is InChI=1S/C16H19N3O3S/c1-4-5-13-12(15(20)18-16(17-13)23-3)8-11-7-6-10(2)14(9-11)19(21)22/h6-7,9H,4-5,8H2,1-3H3,(H,17,18,20). The Kier molecular flexibility index (Phi) is 5.54. The average Bonchev–Trinajstić information content (AvgIpc) is 2.51. The highest BCUT2D eigenvalue weighted by atomic mass is 32.2. The minimum Gasteiger partial charge on any atom is -0.301 e. The molecular weight excluding hydrogens is 314 g/mol. The first-order chi connectivity index (χ1) is 11.0. The van der Waals surface area contributed by atoms with Gasteiger partial charge in [0, 0.05) is 23.6 Å². The first-order valence-electron chi connectivity index (χ1n) is 7.36. The summed E-state index contributed by atoms with van der Waals surface area (Å²) in [7, 11) is 0. The van der Waals surface area contributed by atoms with Crippen molar-refractivity contribution < 1.29 is 4.92 Å². The molecule has 1 heterocycles. The van der Waals surface area contributed by atoms with E-state index in [-0.39, 0.29) is 11.2 Å². The van der Waals surface area contributed by atoms with Crippen molar-refractivity contribution in [3.8, 4) is 0 Å². The van der Waals surface area contributed by atoms with Gasteiger partial charge in [-0.3, -0.25) is 14.9 Å². The molecule has 0 atom stereocenters. The fourth-order valence-corrected chi connectivity index (χ4v) is 2.81. The third-order valence-electron chi connectivity index (χ3n) is 3.61. The summed E-state index contributed by atoms with van der Waals surface area (Å²) in [5.41, 5.74) is 2.61. The van der Waals surface area contributed by atoms with Crippen LogP contribution in [0.25, 0.3) is 0 Å². The van der Waals surface area contributed by atoms with Crippen molar-refractivity contribution in [1.29, 1.82) is 0 Å². The van der Waals surface area contributed by atoms with E-state index in [2.05, 4.69) is 9.97 Å². The molecule has 0 saturated carbocycles. The number of nitrogens with zero attached hydrogens (tertiary/aromatic N) is 2. The van der Waals surface area contributed by atoms with E-state index in [0.717, 1.165) is 17.7 Å². The Morgan fingerprint density at radius 2 is 2.13 bits per heavy atom. The van der Waals surface area contributed by atoms with Gasteiger partial charge in [-0.2, -0.15) is 0 Å². The van der Waals surface area contributed by atoms with E-state index in [0.29, 0.717) is 29.1 Å². The van der Waals surface area contributed by atoms with Crippen molar-refractivity contribution >= 4 is 17.4 Å². The Bertz CT molecular complexity index is 787. The second-order valence-electron chi connectivity index (χ2n) is 5.31. The maximum absolute atomic E-state index is 12.3. The van der Waals surface area contributed by atoms with Crippen molar-refractivity contribution in [2.45, 2.75) is 38.3 Å². The van der Waals surface area contributed by atoms with E-state index >= 15 is 0 Å². The molecule has 1 aromatic carbocycles. The maximum Gasteiger partial charge on any atom is 0.272 e. The second-order valence-corrected chi connectivity index (χ2v) is 6.10. The molecule has 0 aliphatic heterocycles. The van der Waals surface area contributed by atoms with Crippen LogP contribution in [0.1, 0.15) is 35.7 Å². The highest BCUT2D eigenvalue weighted by molar-refractivity contribution is 7.98. The number of aromatic amines is 1. The Morgan fingerprint density at radius 3 is 2.74 bits per heavy atom. The van der Waals surface area contributed by atoms with E-state index < -0.39 is 4.92 Å². The predicted octanol–water partition coefficient (Wildman–Crippen LogP) is 3.25. The van der Waals surface area contributed by atoms with Gasteiger partial charge in [0.1, 0.15) is 0 Å². The summed E-state index contributed by atoms with van der Waals surface area (Å²) >= 11 is 1.39. The number of rotatable bonds is 6. The van der Waals surface area contributed by atoms with E-state index in [4.69, 9.17) is 0 Å². The molecular formula is C16H19N3O3S. The van der Waals surface area contributed by atoms with Gasteiger partial charge in [-0.15, -0.1) is 0 Å². The van der Waals surface area contributed by atoms with Gasteiger partial charge in [-0.25, -0.2) is 4.98 Å². The molecule has 0 aliphatic rings. The van der Waals surface area contributed by atoms with Gasteiger partial charge in [0.05, 0.1) is 10.6 Å². The van der Waals surface area contributed by atoms with Crippen LogP contribution in [0.3, 0.4) is 0 Å². The number of benzene rings is 1. The number of H-pyrrole nitrogens is 1. The zero-order valence-electron chi connectivity index (χ0n) is 13.4. The Hall–Kier alpha value is -2.15. The van der Waals surface area contributed by atoms with Crippen LogP contribution in [0.5, 0.6) is 0 Å². The van der Waals surface area contributed by atoms with Crippen LogP contribution in [0.15, 0.2) is 28.2 Å². The molecule has 0 saturated heterocycles. The summed E-state index contributed by atoms with van der Waals surface area (Å²) in [5, 5.41) is 11.7. The molecule has 1 aromatic heterocycles.